The first-order chi connectivity index (χ1) is 9.74. The maximum atomic E-state index is 12.2. The second kappa shape index (κ2) is 5.71. The molecule has 104 valence electrons. The van der Waals surface area contributed by atoms with E-state index < -0.39 is 0 Å². The molecule has 3 rings (SSSR count). The first-order valence-corrected chi connectivity index (χ1v) is 7.64. The molecular weight excluding hydrogens is 272 g/mol. The summed E-state index contributed by atoms with van der Waals surface area (Å²) in [5.74, 6) is -0.149. The second-order valence-electron chi connectivity index (χ2n) is 4.95. The maximum Gasteiger partial charge on any atom is 0.257 e. The van der Waals surface area contributed by atoms with E-state index in [0.29, 0.717) is 10.6 Å². The van der Waals surface area contributed by atoms with Gasteiger partial charge in [-0.05, 0) is 31.4 Å². The predicted octanol–water partition coefficient (Wildman–Crippen LogP) is 2.38. The lowest BCUT2D eigenvalue weighted by Crippen LogP contribution is -2.35. The zero-order chi connectivity index (χ0) is 13.9. The van der Waals surface area contributed by atoms with Crippen molar-refractivity contribution in [2.75, 3.05) is 13.1 Å². The molecule has 5 heteroatoms. The number of nitrogens with zero attached hydrogens (tertiary/aromatic N) is 1. The first kappa shape index (κ1) is 13.2. The van der Waals surface area contributed by atoms with Crippen molar-refractivity contribution in [3.63, 3.8) is 0 Å². The van der Waals surface area contributed by atoms with Gasteiger partial charge in [-0.15, -0.1) is 0 Å². The number of carbonyl (C=O) groups is 2. The van der Waals surface area contributed by atoms with Gasteiger partial charge in [0.25, 0.3) is 5.91 Å². The molecule has 0 unspecified atom stereocenters. The van der Waals surface area contributed by atoms with E-state index in [9.17, 15) is 9.59 Å². The van der Waals surface area contributed by atoms with Gasteiger partial charge < -0.3 is 10.2 Å². The largest absolute Gasteiger partial charge is 0.339 e. The van der Waals surface area contributed by atoms with Crippen LogP contribution in [0.1, 0.15) is 29.6 Å². The van der Waals surface area contributed by atoms with Crippen molar-refractivity contribution in [1.29, 1.82) is 0 Å². The van der Waals surface area contributed by atoms with Crippen molar-refractivity contribution in [2.24, 2.45) is 0 Å². The molecule has 1 aromatic carbocycles. The van der Waals surface area contributed by atoms with Crippen LogP contribution in [0.2, 0.25) is 0 Å². The summed E-state index contributed by atoms with van der Waals surface area (Å²) in [4.78, 5) is 26.9. The summed E-state index contributed by atoms with van der Waals surface area (Å²) in [6.07, 6.45) is 4.87. The van der Waals surface area contributed by atoms with Gasteiger partial charge in [0.05, 0.1) is 10.6 Å². The summed E-state index contributed by atoms with van der Waals surface area (Å²) in [6.45, 7) is 1.63. The van der Waals surface area contributed by atoms with Gasteiger partial charge in [0.2, 0.25) is 5.91 Å². The summed E-state index contributed by atoms with van der Waals surface area (Å²) in [7, 11) is 0. The molecule has 1 fully saturated rings. The van der Waals surface area contributed by atoms with Crippen LogP contribution in [0.3, 0.4) is 0 Å². The van der Waals surface area contributed by atoms with E-state index in [0.717, 1.165) is 30.8 Å². The molecule has 0 aliphatic carbocycles. The lowest BCUT2D eigenvalue weighted by atomic mass is 10.1. The SMILES string of the molecule is O=C1N/C(=C\C(=O)N2CCCCC2)Sc2ccccc21. The molecule has 2 heterocycles. The fourth-order valence-electron chi connectivity index (χ4n) is 2.45. The summed E-state index contributed by atoms with van der Waals surface area (Å²) < 4.78 is 0. The Kier molecular flexibility index (Phi) is 3.78. The van der Waals surface area contributed by atoms with Crippen LogP contribution >= 0.6 is 11.8 Å². The van der Waals surface area contributed by atoms with Crippen LogP contribution in [0.5, 0.6) is 0 Å². The van der Waals surface area contributed by atoms with Crippen LogP contribution < -0.4 is 5.32 Å². The lowest BCUT2D eigenvalue weighted by molar-refractivity contribution is -0.126. The van der Waals surface area contributed by atoms with Crippen molar-refractivity contribution >= 4 is 23.6 Å². The molecule has 4 nitrogen and oxygen atoms in total. The van der Waals surface area contributed by atoms with Gasteiger partial charge in [0, 0.05) is 24.1 Å². The monoisotopic (exact) mass is 288 g/mol. The highest BCUT2D eigenvalue weighted by Gasteiger charge is 2.22. The molecule has 0 atom stereocenters. The lowest BCUT2D eigenvalue weighted by Gasteiger charge is -2.26. The van der Waals surface area contributed by atoms with E-state index in [-0.39, 0.29) is 11.8 Å². The Labute approximate surface area is 122 Å². The van der Waals surface area contributed by atoms with Gasteiger partial charge in [-0.2, -0.15) is 0 Å². The minimum atomic E-state index is -0.142. The third-order valence-electron chi connectivity index (χ3n) is 3.51. The van der Waals surface area contributed by atoms with Crippen LogP contribution in [0, 0.1) is 0 Å². The number of fused-ring (bicyclic) bond motifs is 1. The molecule has 2 aliphatic heterocycles. The van der Waals surface area contributed by atoms with Crippen molar-refractivity contribution in [2.45, 2.75) is 24.2 Å². The Balaban J connectivity index is 1.77. The number of benzene rings is 1. The molecule has 0 saturated carbocycles. The third kappa shape index (κ3) is 2.72. The average Bonchev–Trinajstić information content (AvgIpc) is 2.48. The Morgan fingerprint density at radius 2 is 1.95 bits per heavy atom. The van der Waals surface area contributed by atoms with Crippen molar-refractivity contribution in [3.05, 3.63) is 40.9 Å². The van der Waals surface area contributed by atoms with Crippen LogP contribution in [-0.2, 0) is 4.79 Å². The predicted molar refractivity (Wildman–Crippen MR) is 78.3 cm³/mol. The molecule has 1 N–H and O–H groups in total. The molecular formula is C15H16N2O2S. The number of nitrogens with one attached hydrogen (secondary N) is 1. The van der Waals surface area contributed by atoms with Gasteiger partial charge in [-0.1, -0.05) is 23.9 Å². The fourth-order valence-corrected chi connectivity index (χ4v) is 3.41. The highest BCUT2D eigenvalue weighted by atomic mass is 32.2. The van der Waals surface area contributed by atoms with Gasteiger partial charge in [0.15, 0.2) is 0 Å². The van der Waals surface area contributed by atoms with E-state index in [1.165, 1.54) is 18.2 Å². The number of amides is 2. The molecule has 1 aromatic rings. The number of hydrogen-bond acceptors (Lipinski definition) is 3. The molecule has 0 aromatic heterocycles. The Bertz CT molecular complexity index is 577. The van der Waals surface area contributed by atoms with Gasteiger partial charge in [0.1, 0.15) is 0 Å². The minimum absolute atomic E-state index is 0.00752. The van der Waals surface area contributed by atoms with E-state index in [1.807, 2.05) is 23.1 Å². The third-order valence-corrected chi connectivity index (χ3v) is 4.53. The number of rotatable bonds is 1. The summed E-state index contributed by atoms with van der Waals surface area (Å²) in [5.41, 5.74) is 0.667. The van der Waals surface area contributed by atoms with Gasteiger partial charge in [-0.25, -0.2) is 0 Å². The molecule has 0 spiro atoms. The second-order valence-corrected chi connectivity index (χ2v) is 6.03. The van der Waals surface area contributed by atoms with E-state index in [1.54, 1.807) is 12.1 Å². The molecule has 2 amide bonds. The molecule has 0 radical (unpaired) electrons. The summed E-state index contributed by atoms with van der Waals surface area (Å²) in [6, 6.07) is 7.43. The quantitative estimate of drug-likeness (QED) is 0.807. The number of likely N-dealkylation sites (tertiary alicyclic amines) is 1. The van der Waals surface area contributed by atoms with Crippen LogP contribution in [0.15, 0.2) is 40.3 Å². The standard InChI is InChI=1S/C15H16N2O2S/c18-14(17-8-4-1-5-9-17)10-13-16-15(19)11-6-2-3-7-12(11)20-13/h2-3,6-7,10H,1,4-5,8-9H2,(H,16,19)/b13-10+. The fraction of sp³-hybridized carbons (Fsp3) is 0.333. The Morgan fingerprint density at radius 1 is 1.20 bits per heavy atom. The molecule has 0 bridgehead atoms. The number of hydrogen-bond donors (Lipinski definition) is 1. The maximum absolute atomic E-state index is 12.2. The smallest absolute Gasteiger partial charge is 0.257 e. The summed E-state index contributed by atoms with van der Waals surface area (Å²) >= 11 is 1.43. The van der Waals surface area contributed by atoms with Gasteiger partial charge in [-0.3, -0.25) is 9.59 Å². The van der Waals surface area contributed by atoms with Crippen LogP contribution in [-0.4, -0.2) is 29.8 Å². The number of carbonyl (C=O) groups excluding carboxylic acids is 2. The van der Waals surface area contributed by atoms with Gasteiger partial charge >= 0.3 is 0 Å². The van der Waals surface area contributed by atoms with E-state index >= 15 is 0 Å². The minimum Gasteiger partial charge on any atom is -0.339 e. The molecule has 2 aliphatic rings. The Morgan fingerprint density at radius 3 is 2.75 bits per heavy atom. The highest BCUT2D eigenvalue weighted by Crippen LogP contribution is 2.32. The average molecular weight is 288 g/mol. The Hall–Kier alpha value is -1.75. The van der Waals surface area contributed by atoms with E-state index in [2.05, 4.69) is 5.32 Å². The zero-order valence-corrected chi connectivity index (χ0v) is 11.9. The zero-order valence-electron chi connectivity index (χ0n) is 11.1. The van der Waals surface area contributed by atoms with Crippen molar-refractivity contribution in [3.8, 4) is 0 Å². The summed E-state index contributed by atoms with van der Waals surface area (Å²) in [5, 5.41) is 3.40. The van der Waals surface area contributed by atoms with Crippen LogP contribution in [0.25, 0.3) is 0 Å². The molecule has 20 heavy (non-hydrogen) atoms. The highest BCUT2D eigenvalue weighted by molar-refractivity contribution is 8.03. The van der Waals surface area contributed by atoms with Crippen molar-refractivity contribution in [1.82, 2.24) is 10.2 Å². The first-order valence-electron chi connectivity index (χ1n) is 6.83. The number of piperidine rings is 1. The normalized spacial score (nSPS) is 20.5. The molecule has 1 saturated heterocycles. The van der Waals surface area contributed by atoms with E-state index in [4.69, 9.17) is 0 Å². The topological polar surface area (TPSA) is 49.4 Å². The number of thioether (sulfide) groups is 1. The van der Waals surface area contributed by atoms with Crippen molar-refractivity contribution < 1.29 is 9.59 Å². The van der Waals surface area contributed by atoms with Crippen LogP contribution in [0.4, 0.5) is 0 Å².